The van der Waals surface area contributed by atoms with Crippen molar-refractivity contribution in [3.8, 4) is 0 Å². The van der Waals surface area contributed by atoms with E-state index in [0.29, 0.717) is 6.54 Å². The standard InChI is InChI=1S/C12H17FN2O2/c1-2-15-12(17)8-14-7-11(16)9-5-3-4-6-10(9)13/h3-6,11,14,16H,2,7-8H2,1H3,(H,15,17). The van der Waals surface area contributed by atoms with Gasteiger partial charge in [0.1, 0.15) is 5.82 Å². The number of rotatable bonds is 6. The second-order valence-electron chi connectivity index (χ2n) is 3.62. The molecule has 0 saturated heterocycles. The first-order chi connectivity index (χ1) is 8.15. The molecule has 0 radical (unpaired) electrons. The van der Waals surface area contributed by atoms with Crippen molar-refractivity contribution >= 4 is 5.91 Å². The molecule has 4 nitrogen and oxygen atoms in total. The van der Waals surface area contributed by atoms with Crippen molar-refractivity contribution in [1.82, 2.24) is 10.6 Å². The summed E-state index contributed by atoms with van der Waals surface area (Å²) >= 11 is 0. The van der Waals surface area contributed by atoms with Crippen LogP contribution in [-0.4, -0.2) is 30.6 Å². The van der Waals surface area contributed by atoms with Crippen LogP contribution in [0.5, 0.6) is 0 Å². The van der Waals surface area contributed by atoms with Crippen LogP contribution >= 0.6 is 0 Å². The van der Waals surface area contributed by atoms with Crippen molar-refractivity contribution in [2.45, 2.75) is 13.0 Å². The fourth-order valence-corrected chi connectivity index (χ4v) is 1.44. The highest BCUT2D eigenvalue weighted by Gasteiger charge is 2.11. The number of carbonyl (C=O) groups excluding carboxylic acids is 1. The summed E-state index contributed by atoms with van der Waals surface area (Å²) in [4.78, 5) is 11.1. The number of hydrogen-bond acceptors (Lipinski definition) is 3. The minimum Gasteiger partial charge on any atom is -0.387 e. The predicted octanol–water partition coefficient (Wildman–Crippen LogP) is 0.585. The number of hydrogen-bond donors (Lipinski definition) is 3. The van der Waals surface area contributed by atoms with Crippen LogP contribution in [0.1, 0.15) is 18.6 Å². The molecule has 0 aliphatic heterocycles. The van der Waals surface area contributed by atoms with Gasteiger partial charge in [-0.3, -0.25) is 4.79 Å². The highest BCUT2D eigenvalue weighted by molar-refractivity contribution is 5.77. The molecule has 17 heavy (non-hydrogen) atoms. The minimum absolute atomic E-state index is 0.110. The van der Waals surface area contributed by atoms with Crippen LogP contribution < -0.4 is 10.6 Å². The van der Waals surface area contributed by atoms with Crippen molar-refractivity contribution in [2.75, 3.05) is 19.6 Å². The summed E-state index contributed by atoms with van der Waals surface area (Å²) in [5.41, 5.74) is 0.232. The number of carbonyl (C=O) groups is 1. The Morgan fingerprint density at radius 1 is 1.47 bits per heavy atom. The lowest BCUT2D eigenvalue weighted by atomic mass is 10.1. The molecule has 0 aliphatic rings. The van der Waals surface area contributed by atoms with Crippen LogP contribution in [0.2, 0.25) is 0 Å². The molecule has 1 aromatic carbocycles. The van der Waals surface area contributed by atoms with Crippen molar-refractivity contribution in [3.63, 3.8) is 0 Å². The quantitative estimate of drug-likeness (QED) is 0.682. The number of aliphatic hydroxyl groups is 1. The van der Waals surface area contributed by atoms with Crippen molar-refractivity contribution in [3.05, 3.63) is 35.6 Å². The molecule has 0 heterocycles. The zero-order valence-corrected chi connectivity index (χ0v) is 9.74. The summed E-state index contributed by atoms with van der Waals surface area (Å²) in [6.45, 7) is 2.64. The van der Waals surface area contributed by atoms with E-state index in [9.17, 15) is 14.3 Å². The molecule has 0 fully saturated rings. The summed E-state index contributed by atoms with van der Waals surface area (Å²) in [5, 5.41) is 15.1. The van der Waals surface area contributed by atoms with Gasteiger partial charge in [0.2, 0.25) is 5.91 Å². The Morgan fingerprint density at radius 3 is 2.82 bits per heavy atom. The van der Waals surface area contributed by atoms with E-state index >= 15 is 0 Å². The number of halogens is 1. The normalized spacial score (nSPS) is 12.2. The third kappa shape index (κ3) is 4.50. The highest BCUT2D eigenvalue weighted by atomic mass is 19.1. The Labute approximate surface area is 99.8 Å². The molecule has 1 atom stereocenters. The molecule has 0 bridgehead atoms. The number of likely N-dealkylation sites (N-methyl/N-ethyl adjacent to an activating group) is 1. The van der Waals surface area contributed by atoms with Gasteiger partial charge in [0.15, 0.2) is 0 Å². The topological polar surface area (TPSA) is 61.4 Å². The molecule has 0 aromatic heterocycles. The second kappa shape index (κ2) is 6.98. The van der Waals surface area contributed by atoms with Gasteiger partial charge >= 0.3 is 0 Å². The van der Waals surface area contributed by atoms with Crippen LogP contribution in [0.15, 0.2) is 24.3 Å². The van der Waals surface area contributed by atoms with E-state index in [0.717, 1.165) is 0 Å². The summed E-state index contributed by atoms with van der Waals surface area (Å²) in [6.07, 6.45) is -0.953. The molecule has 0 saturated carbocycles. The SMILES string of the molecule is CCNC(=O)CNCC(O)c1ccccc1F. The summed E-state index contributed by atoms with van der Waals surface area (Å²) in [7, 11) is 0. The average Bonchev–Trinajstić information content (AvgIpc) is 2.29. The van der Waals surface area contributed by atoms with Gasteiger partial charge in [0.25, 0.3) is 0 Å². The van der Waals surface area contributed by atoms with Crippen molar-refractivity contribution < 1.29 is 14.3 Å². The van der Waals surface area contributed by atoms with Crippen LogP contribution in [0, 0.1) is 5.82 Å². The second-order valence-corrected chi connectivity index (χ2v) is 3.62. The lowest BCUT2D eigenvalue weighted by Crippen LogP contribution is -2.35. The zero-order chi connectivity index (χ0) is 12.7. The fourth-order valence-electron chi connectivity index (χ4n) is 1.44. The maximum Gasteiger partial charge on any atom is 0.233 e. The lowest BCUT2D eigenvalue weighted by Gasteiger charge is -2.12. The van der Waals surface area contributed by atoms with Gasteiger partial charge in [-0.15, -0.1) is 0 Å². The predicted molar refractivity (Wildman–Crippen MR) is 62.9 cm³/mol. The maximum absolute atomic E-state index is 13.3. The smallest absolute Gasteiger partial charge is 0.233 e. The molecule has 5 heteroatoms. The Hall–Kier alpha value is -1.46. The van der Waals surface area contributed by atoms with Gasteiger partial charge in [0.05, 0.1) is 12.6 Å². The maximum atomic E-state index is 13.3. The molecular weight excluding hydrogens is 223 g/mol. The van der Waals surface area contributed by atoms with E-state index in [1.54, 1.807) is 12.1 Å². The highest BCUT2D eigenvalue weighted by Crippen LogP contribution is 2.15. The molecule has 3 N–H and O–H groups in total. The number of benzene rings is 1. The molecular formula is C12H17FN2O2. The molecule has 1 amide bonds. The summed E-state index contributed by atoms with van der Waals surface area (Å²) in [5.74, 6) is -0.590. The number of nitrogens with one attached hydrogen (secondary N) is 2. The largest absolute Gasteiger partial charge is 0.387 e. The van der Waals surface area contributed by atoms with Gasteiger partial charge in [0, 0.05) is 18.7 Å². The third-order valence-electron chi connectivity index (χ3n) is 2.26. The molecule has 1 aromatic rings. The van der Waals surface area contributed by atoms with Gasteiger partial charge in [-0.25, -0.2) is 4.39 Å². The number of aliphatic hydroxyl groups excluding tert-OH is 1. The number of amides is 1. The summed E-state index contributed by atoms with van der Waals surface area (Å²) in [6, 6.07) is 6.04. The molecule has 94 valence electrons. The van der Waals surface area contributed by atoms with Gasteiger partial charge < -0.3 is 15.7 Å². The van der Waals surface area contributed by atoms with Crippen molar-refractivity contribution in [1.29, 1.82) is 0 Å². The van der Waals surface area contributed by atoms with Crippen LogP contribution in [0.4, 0.5) is 4.39 Å². The van der Waals surface area contributed by atoms with Crippen LogP contribution in [-0.2, 0) is 4.79 Å². The minimum atomic E-state index is -0.953. The van der Waals surface area contributed by atoms with E-state index in [1.807, 2.05) is 6.92 Å². The first-order valence-electron chi connectivity index (χ1n) is 5.55. The van der Waals surface area contributed by atoms with Gasteiger partial charge in [-0.05, 0) is 13.0 Å². The molecule has 0 aliphatic carbocycles. The fraction of sp³-hybridized carbons (Fsp3) is 0.417. The Balaban J connectivity index is 2.38. The first kappa shape index (κ1) is 13.6. The van der Waals surface area contributed by atoms with Gasteiger partial charge in [-0.1, -0.05) is 18.2 Å². The molecule has 1 unspecified atom stereocenters. The van der Waals surface area contributed by atoms with E-state index in [2.05, 4.69) is 10.6 Å². The zero-order valence-electron chi connectivity index (χ0n) is 9.74. The monoisotopic (exact) mass is 240 g/mol. The summed E-state index contributed by atoms with van der Waals surface area (Å²) < 4.78 is 13.3. The Bertz CT molecular complexity index is 371. The Morgan fingerprint density at radius 2 is 2.18 bits per heavy atom. The van der Waals surface area contributed by atoms with E-state index in [1.165, 1.54) is 12.1 Å². The average molecular weight is 240 g/mol. The molecule has 1 rings (SSSR count). The van der Waals surface area contributed by atoms with Crippen LogP contribution in [0.3, 0.4) is 0 Å². The van der Waals surface area contributed by atoms with E-state index in [-0.39, 0.29) is 24.6 Å². The van der Waals surface area contributed by atoms with Crippen molar-refractivity contribution in [2.24, 2.45) is 0 Å². The first-order valence-corrected chi connectivity index (χ1v) is 5.55. The molecule has 0 spiro atoms. The lowest BCUT2D eigenvalue weighted by molar-refractivity contribution is -0.120. The van der Waals surface area contributed by atoms with Gasteiger partial charge in [-0.2, -0.15) is 0 Å². The Kier molecular flexibility index (Phi) is 5.59. The van der Waals surface area contributed by atoms with E-state index in [4.69, 9.17) is 0 Å². The van der Waals surface area contributed by atoms with E-state index < -0.39 is 11.9 Å². The van der Waals surface area contributed by atoms with Crippen LogP contribution in [0.25, 0.3) is 0 Å². The third-order valence-corrected chi connectivity index (χ3v) is 2.26.